The smallest absolute Gasteiger partial charge is 0.324 e. The van der Waals surface area contributed by atoms with Gasteiger partial charge in [0.05, 0.1) is 0 Å². The molecule has 1 aromatic carbocycles. The van der Waals surface area contributed by atoms with E-state index in [0.717, 1.165) is 9.26 Å². The standard InChI is InChI=1S/C12H14IN3O2/c1-8(11(17)16-7-6-14-12(16)18)15-10-4-2-9(13)3-5-10/h2-5,8,15H,6-7H2,1H3,(H,14,18). The van der Waals surface area contributed by atoms with Crippen molar-refractivity contribution in [1.29, 1.82) is 0 Å². The predicted octanol–water partition coefficient (Wildman–Crippen LogP) is 1.64. The van der Waals surface area contributed by atoms with Crippen LogP contribution >= 0.6 is 22.6 Å². The summed E-state index contributed by atoms with van der Waals surface area (Å²) in [5.41, 5.74) is 0.871. The molecule has 1 atom stereocenters. The Balaban J connectivity index is 1.99. The topological polar surface area (TPSA) is 61.4 Å². The van der Waals surface area contributed by atoms with Crippen molar-refractivity contribution in [2.24, 2.45) is 0 Å². The van der Waals surface area contributed by atoms with Crippen LogP contribution in [0, 0.1) is 3.57 Å². The van der Waals surface area contributed by atoms with E-state index in [1.165, 1.54) is 4.90 Å². The summed E-state index contributed by atoms with van der Waals surface area (Å²) in [6, 6.07) is 7.02. The van der Waals surface area contributed by atoms with Gasteiger partial charge in [0.15, 0.2) is 0 Å². The van der Waals surface area contributed by atoms with Gasteiger partial charge in [0.1, 0.15) is 6.04 Å². The summed E-state index contributed by atoms with van der Waals surface area (Å²) >= 11 is 2.22. The second kappa shape index (κ2) is 5.55. The monoisotopic (exact) mass is 359 g/mol. The van der Waals surface area contributed by atoms with Gasteiger partial charge in [0.25, 0.3) is 5.91 Å². The number of nitrogens with one attached hydrogen (secondary N) is 2. The molecular formula is C12H14IN3O2. The van der Waals surface area contributed by atoms with Crippen LogP contribution in [0.5, 0.6) is 0 Å². The van der Waals surface area contributed by atoms with Crippen LogP contribution in [-0.4, -0.2) is 36.0 Å². The van der Waals surface area contributed by atoms with Crippen LogP contribution in [0.25, 0.3) is 0 Å². The number of rotatable bonds is 3. The maximum atomic E-state index is 12.0. The lowest BCUT2D eigenvalue weighted by atomic mass is 10.2. The van der Waals surface area contributed by atoms with Crippen molar-refractivity contribution in [3.05, 3.63) is 27.8 Å². The molecule has 1 heterocycles. The Hall–Kier alpha value is -1.31. The second-order valence-corrected chi connectivity index (χ2v) is 5.34. The number of nitrogens with zero attached hydrogens (tertiary/aromatic N) is 1. The van der Waals surface area contributed by atoms with Crippen LogP contribution in [0.1, 0.15) is 6.92 Å². The highest BCUT2D eigenvalue weighted by atomic mass is 127. The van der Waals surface area contributed by atoms with Gasteiger partial charge in [-0.1, -0.05) is 0 Å². The molecule has 0 aliphatic carbocycles. The Bertz CT molecular complexity index is 461. The second-order valence-electron chi connectivity index (χ2n) is 4.09. The SMILES string of the molecule is CC(Nc1ccc(I)cc1)C(=O)N1CCNC1=O. The molecule has 0 saturated carbocycles. The van der Waals surface area contributed by atoms with E-state index in [2.05, 4.69) is 33.2 Å². The summed E-state index contributed by atoms with van der Waals surface area (Å²) in [5, 5.41) is 5.71. The lowest BCUT2D eigenvalue weighted by molar-refractivity contribution is -0.128. The first-order valence-electron chi connectivity index (χ1n) is 5.69. The Morgan fingerprint density at radius 3 is 2.67 bits per heavy atom. The quantitative estimate of drug-likeness (QED) is 0.807. The fourth-order valence-corrected chi connectivity index (χ4v) is 2.13. The van der Waals surface area contributed by atoms with Gasteiger partial charge in [0, 0.05) is 22.3 Å². The van der Waals surface area contributed by atoms with E-state index in [0.29, 0.717) is 13.1 Å². The number of hydrogen-bond acceptors (Lipinski definition) is 3. The summed E-state index contributed by atoms with van der Waals surface area (Å²) in [6.07, 6.45) is 0. The molecule has 18 heavy (non-hydrogen) atoms. The average Bonchev–Trinajstić information content (AvgIpc) is 2.77. The molecule has 0 spiro atoms. The van der Waals surface area contributed by atoms with Gasteiger partial charge >= 0.3 is 6.03 Å². The molecule has 1 fully saturated rings. The molecular weight excluding hydrogens is 345 g/mol. The highest BCUT2D eigenvalue weighted by molar-refractivity contribution is 14.1. The van der Waals surface area contributed by atoms with Crippen LogP contribution in [0.2, 0.25) is 0 Å². The number of urea groups is 1. The lowest BCUT2D eigenvalue weighted by Gasteiger charge is -2.19. The maximum Gasteiger partial charge on any atom is 0.324 e. The number of imide groups is 1. The van der Waals surface area contributed by atoms with Crippen molar-refractivity contribution in [3.63, 3.8) is 0 Å². The number of benzene rings is 1. The Morgan fingerprint density at radius 1 is 1.44 bits per heavy atom. The first-order valence-corrected chi connectivity index (χ1v) is 6.77. The number of carbonyl (C=O) groups is 2. The highest BCUT2D eigenvalue weighted by Gasteiger charge is 2.29. The molecule has 3 amide bonds. The van der Waals surface area contributed by atoms with Crippen molar-refractivity contribution in [1.82, 2.24) is 10.2 Å². The van der Waals surface area contributed by atoms with Crippen LogP contribution in [0.3, 0.4) is 0 Å². The summed E-state index contributed by atoms with van der Waals surface area (Å²) in [5.74, 6) is -0.205. The van der Waals surface area contributed by atoms with E-state index in [1.54, 1.807) is 6.92 Å². The third-order valence-corrected chi connectivity index (χ3v) is 3.44. The fourth-order valence-electron chi connectivity index (χ4n) is 1.77. The number of amides is 3. The van der Waals surface area contributed by atoms with Gasteiger partial charge in [-0.3, -0.25) is 9.69 Å². The Labute approximate surface area is 119 Å². The molecule has 1 saturated heterocycles. The fraction of sp³-hybridized carbons (Fsp3) is 0.333. The van der Waals surface area contributed by atoms with E-state index in [-0.39, 0.29) is 11.9 Å². The zero-order valence-corrected chi connectivity index (χ0v) is 12.1. The largest absolute Gasteiger partial charge is 0.374 e. The maximum absolute atomic E-state index is 12.0. The number of anilines is 1. The predicted molar refractivity (Wildman–Crippen MR) is 77.4 cm³/mol. The minimum atomic E-state index is -0.422. The molecule has 6 heteroatoms. The normalized spacial score (nSPS) is 16.3. The summed E-state index contributed by atoms with van der Waals surface area (Å²) in [7, 11) is 0. The van der Waals surface area contributed by atoms with Crippen molar-refractivity contribution < 1.29 is 9.59 Å². The van der Waals surface area contributed by atoms with E-state index in [4.69, 9.17) is 0 Å². The summed E-state index contributed by atoms with van der Waals surface area (Å²) in [4.78, 5) is 24.7. The molecule has 1 unspecified atom stereocenters. The Morgan fingerprint density at radius 2 is 2.11 bits per heavy atom. The van der Waals surface area contributed by atoms with Gasteiger partial charge in [-0.15, -0.1) is 0 Å². The number of carbonyl (C=O) groups excluding carboxylic acids is 2. The van der Waals surface area contributed by atoms with E-state index >= 15 is 0 Å². The van der Waals surface area contributed by atoms with Gasteiger partial charge in [-0.05, 0) is 53.8 Å². The van der Waals surface area contributed by atoms with Crippen molar-refractivity contribution in [2.45, 2.75) is 13.0 Å². The zero-order valence-electron chi connectivity index (χ0n) is 9.94. The number of hydrogen-bond donors (Lipinski definition) is 2. The van der Waals surface area contributed by atoms with Gasteiger partial charge < -0.3 is 10.6 Å². The van der Waals surface area contributed by atoms with E-state index < -0.39 is 6.04 Å². The van der Waals surface area contributed by atoms with Crippen molar-refractivity contribution >= 4 is 40.2 Å². The minimum Gasteiger partial charge on any atom is -0.374 e. The van der Waals surface area contributed by atoms with Crippen LogP contribution in [0.15, 0.2) is 24.3 Å². The summed E-state index contributed by atoms with van der Waals surface area (Å²) in [6.45, 7) is 2.73. The molecule has 0 radical (unpaired) electrons. The third-order valence-electron chi connectivity index (χ3n) is 2.72. The highest BCUT2D eigenvalue weighted by Crippen LogP contribution is 2.13. The zero-order chi connectivity index (χ0) is 13.1. The molecule has 1 aliphatic heterocycles. The van der Waals surface area contributed by atoms with Crippen molar-refractivity contribution in [3.8, 4) is 0 Å². The summed E-state index contributed by atoms with van der Waals surface area (Å²) < 4.78 is 1.14. The van der Waals surface area contributed by atoms with Gasteiger partial charge in [0.2, 0.25) is 0 Å². The third kappa shape index (κ3) is 2.92. The Kier molecular flexibility index (Phi) is 4.05. The first kappa shape index (κ1) is 13.1. The molecule has 2 N–H and O–H groups in total. The molecule has 1 aromatic rings. The molecule has 0 bridgehead atoms. The van der Waals surface area contributed by atoms with Crippen molar-refractivity contribution in [2.75, 3.05) is 18.4 Å². The first-order chi connectivity index (χ1) is 8.58. The van der Waals surface area contributed by atoms with Gasteiger partial charge in [-0.2, -0.15) is 0 Å². The molecule has 5 nitrogen and oxygen atoms in total. The number of halogens is 1. The lowest BCUT2D eigenvalue weighted by Crippen LogP contribution is -2.43. The molecule has 2 rings (SSSR count). The molecule has 1 aliphatic rings. The van der Waals surface area contributed by atoms with Crippen LogP contribution in [0.4, 0.5) is 10.5 Å². The van der Waals surface area contributed by atoms with Gasteiger partial charge in [-0.25, -0.2) is 4.79 Å². The van der Waals surface area contributed by atoms with Crippen LogP contribution < -0.4 is 10.6 Å². The molecule has 0 aromatic heterocycles. The van der Waals surface area contributed by atoms with E-state index in [9.17, 15) is 9.59 Å². The van der Waals surface area contributed by atoms with Crippen LogP contribution in [-0.2, 0) is 4.79 Å². The van der Waals surface area contributed by atoms with E-state index in [1.807, 2.05) is 24.3 Å². The average molecular weight is 359 g/mol. The minimum absolute atomic E-state index is 0.205. The molecule has 96 valence electrons.